The summed E-state index contributed by atoms with van der Waals surface area (Å²) in [5, 5.41) is 12.6. The van der Waals surface area contributed by atoms with Crippen molar-refractivity contribution in [2.24, 2.45) is 5.92 Å². The molecule has 1 N–H and O–H groups in total. The van der Waals surface area contributed by atoms with Gasteiger partial charge in [-0.15, -0.1) is 11.3 Å². The van der Waals surface area contributed by atoms with Crippen molar-refractivity contribution in [2.45, 2.75) is 32.6 Å². The Hall–Kier alpha value is -2.18. The van der Waals surface area contributed by atoms with E-state index in [0.29, 0.717) is 31.8 Å². The summed E-state index contributed by atoms with van der Waals surface area (Å²) in [6.45, 7) is 5.68. The van der Waals surface area contributed by atoms with E-state index in [-0.39, 0.29) is 11.2 Å². The zero-order chi connectivity index (χ0) is 19.8. The molecule has 0 aliphatic carbocycles. The number of fused-ring (bicyclic) bond motifs is 1. The Balaban J connectivity index is 1.75. The van der Waals surface area contributed by atoms with Crippen LogP contribution in [0.5, 0.6) is 0 Å². The Bertz CT molecular complexity index is 1010. The summed E-state index contributed by atoms with van der Waals surface area (Å²) in [5.74, 6) is 0.297. The number of aliphatic carboxylic acids is 1. The number of hydrogen-bond donors (Lipinski definition) is 1. The first-order valence-corrected chi connectivity index (χ1v) is 10.7. The SMILES string of the molecule is CC(C)c1ccc(-c2csc3nc(Cl)nc(N4CCC(C(=O)O)CC4)c23)cc1. The van der Waals surface area contributed by atoms with Crippen molar-refractivity contribution in [3.05, 3.63) is 40.5 Å². The zero-order valence-corrected chi connectivity index (χ0v) is 17.4. The average Bonchev–Trinajstić information content (AvgIpc) is 3.11. The van der Waals surface area contributed by atoms with Gasteiger partial charge in [0.15, 0.2) is 0 Å². The van der Waals surface area contributed by atoms with Crippen LogP contribution in [0.3, 0.4) is 0 Å². The van der Waals surface area contributed by atoms with Crippen LogP contribution in [-0.4, -0.2) is 34.1 Å². The molecule has 1 aliphatic heterocycles. The van der Waals surface area contributed by atoms with Gasteiger partial charge in [0.2, 0.25) is 5.28 Å². The van der Waals surface area contributed by atoms with E-state index in [1.807, 2.05) is 0 Å². The predicted molar refractivity (Wildman–Crippen MR) is 115 cm³/mol. The van der Waals surface area contributed by atoms with Crippen LogP contribution in [0.1, 0.15) is 38.2 Å². The van der Waals surface area contributed by atoms with Crippen LogP contribution >= 0.6 is 22.9 Å². The van der Waals surface area contributed by atoms with Crippen LogP contribution in [0.25, 0.3) is 21.3 Å². The Morgan fingerprint density at radius 1 is 1.21 bits per heavy atom. The highest BCUT2D eigenvalue weighted by Gasteiger charge is 2.27. The van der Waals surface area contributed by atoms with E-state index in [4.69, 9.17) is 11.6 Å². The Labute approximate surface area is 173 Å². The summed E-state index contributed by atoms with van der Waals surface area (Å²) >= 11 is 7.76. The van der Waals surface area contributed by atoms with Gasteiger partial charge in [-0.05, 0) is 41.5 Å². The molecule has 0 atom stereocenters. The zero-order valence-electron chi connectivity index (χ0n) is 15.9. The van der Waals surface area contributed by atoms with Gasteiger partial charge in [-0.1, -0.05) is 38.1 Å². The molecule has 0 unspecified atom stereocenters. The predicted octanol–water partition coefficient (Wildman–Crippen LogP) is 5.44. The molecular weight excluding hydrogens is 394 g/mol. The molecule has 0 amide bonds. The summed E-state index contributed by atoms with van der Waals surface area (Å²) in [5.41, 5.74) is 3.53. The summed E-state index contributed by atoms with van der Waals surface area (Å²) in [6, 6.07) is 8.62. The molecule has 0 spiro atoms. The molecular formula is C21H22ClN3O2S. The van der Waals surface area contributed by atoms with Crippen LogP contribution in [-0.2, 0) is 4.79 Å². The molecule has 3 heterocycles. The minimum atomic E-state index is -0.716. The maximum absolute atomic E-state index is 11.3. The van der Waals surface area contributed by atoms with E-state index in [2.05, 4.69) is 58.4 Å². The molecule has 1 fully saturated rings. The number of piperidine rings is 1. The molecule has 2 aromatic heterocycles. The number of aromatic nitrogens is 2. The summed E-state index contributed by atoms with van der Waals surface area (Å²) in [6.07, 6.45) is 1.22. The number of hydrogen-bond acceptors (Lipinski definition) is 5. The van der Waals surface area contributed by atoms with Crippen molar-refractivity contribution in [3.8, 4) is 11.1 Å². The summed E-state index contributed by atoms with van der Waals surface area (Å²) in [7, 11) is 0. The first kappa shape index (κ1) is 19.2. The van der Waals surface area contributed by atoms with Gasteiger partial charge in [-0.25, -0.2) is 4.98 Å². The lowest BCUT2D eigenvalue weighted by molar-refractivity contribution is -0.142. The number of carboxylic acid groups (broad SMARTS) is 1. The second kappa shape index (κ2) is 7.68. The maximum Gasteiger partial charge on any atom is 0.306 e. The monoisotopic (exact) mass is 415 g/mol. The van der Waals surface area contributed by atoms with Crippen LogP contribution in [0, 0.1) is 5.92 Å². The topological polar surface area (TPSA) is 66.3 Å². The minimum absolute atomic E-state index is 0.228. The van der Waals surface area contributed by atoms with Crippen molar-refractivity contribution >= 4 is 44.9 Å². The number of benzene rings is 1. The molecule has 3 aromatic rings. The molecule has 0 radical (unpaired) electrons. The highest BCUT2D eigenvalue weighted by atomic mass is 35.5. The van der Waals surface area contributed by atoms with Gasteiger partial charge in [0.05, 0.1) is 11.3 Å². The molecule has 28 heavy (non-hydrogen) atoms. The third-order valence-electron chi connectivity index (χ3n) is 5.42. The number of carbonyl (C=O) groups is 1. The molecule has 7 heteroatoms. The van der Waals surface area contributed by atoms with E-state index in [1.165, 1.54) is 5.56 Å². The second-order valence-corrected chi connectivity index (χ2v) is 8.72. The van der Waals surface area contributed by atoms with Crippen molar-refractivity contribution in [3.63, 3.8) is 0 Å². The standard InChI is InChI=1S/C21H22ClN3O2S/c1-12(2)13-3-5-14(6-4-13)16-11-28-19-17(16)18(23-21(22)24-19)25-9-7-15(8-10-25)20(26)27/h3-6,11-12,15H,7-10H2,1-2H3,(H,26,27). The first-order valence-electron chi connectivity index (χ1n) is 9.47. The maximum atomic E-state index is 11.3. The summed E-state index contributed by atoms with van der Waals surface area (Å²) in [4.78, 5) is 23.2. The summed E-state index contributed by atoms with van der Waals surface area (Å²) < 4.78 is 0. The van der Waals surface area contributed by atoms with E-state index in [1.54, 1.807) is 11.3 Å². The molecule has 5 nitrogen and oxygen atoms in total. The number of carboxylic acids is 1. The van der Waals surface area contributed by atoms with Crippen LogP contribution in [0.2, 0.25) is 5.28 Å². The van der Waals surface area contributed by atoms with Gasteiger partial charge in [0.1, 0.15) is 10.6 Å². The third-order valence-corrected chi connectivity index (χ3v) is 6.46. The van der Waals surface area contributed by atoms with Gasteiger partial charge in [-0.2, -0.15) is 4.98 Å². The van der Waals surface area contributed by atoms with Gasteiger partial charge >= 0.3 is 5.97 Å². The Morgan fingerprint density at radius 3 is 2.50 bits per heavy atom. The van der Waals surface area contributed by atoms with Crippen LogP contribution in [0.4, 0.5) is 5.82 Å². The van der Waals surface area contributed by atoms with Crippen molar-refractivity contribution in [1.82, 2.24) is 9.97 Å². The van der Waals surface area contributed by atoms with E-state index in [9.17, 15) is 9.90 Å². The molecule has 1 aliphatic rings. The van der Waals surface area contributed by atoms with Crippen LogP contribution in [0.15, 0.2) is 29.6 Å². The Morgan fingerprint density at radius 2 is 1.89 bits per heavy atom. The lowest BCUT2D eigenvalue weighted by atomic mass is 9.96. The fourth-order valence-electron chi connectivity index (χ4n) is 3.73. The quantitative estimate of drug-likeness (QED) is 0.575. The smallest absolute Gasteiger partial charge is 0.306 e. The second-order valence-electron chi connectivity index (χ2n) is 7.52. The molecule has 0 bridgehead atoms. The molecule has 0 saturated carbocycles. The molecule has 4 rings (SSSR count). The average molecular weight is 416 g/mol. The lowest BCUT2D eigenvalue weighted by Crippen LogP contribution is -2.37. The van der Waals surface area contributed by atoms with Gasteiger partial charge < -0.3 is 10.0 Å². The van der Waals surface area contributed by atoms with Crippen molar-refractivity contribution < 1.29 is 9.90 Å². The number of thiophene rings is 1. The van der Waals surface area contributed by atoms with E-state index in [0.717, 1.165) is 27.2 Å². The normalized spacial score (nSPS) is 15.5. The highest BCUT2D eigenvalue weighted by molar-refractivity contribution is 7.17. The first-order chi connectivity index (χ1) is 13.4. The third kappa shape index (κ3) is 3.59. The van der Waals surface area contributed by atoms with Crippen molar-refractivity contribution in [1.29, 1.82) is 0 Å². The number of rotatable bonds is 4. The van der Waals surface area contributed by atoms with Crippen LogP contribution < -0.4 is 4.90 Å². The lowest BCUT2D eigenvalue weighted by Gasteiger charge is -2.31. The largest absolute Gasteiger partial charge is 0.481 e. The van der Waals surface area contributed by atoms with E-state index >= 15 is 0 Å². The molecule has 146 valence electrons. The highest BCUT2D eigenvalue weighted by Crippen LogP contribution is 2.40. The molecule has 1 saturated heterocycles. The van der Waals surface area contributed by atoms with Gasteiger partial charge in [-0.3, -0.25) is 4.79 Å². The molecule has 1 aromatic carbocycles. The van der Waals surface area contributed by atoms with Gasteiger partial charge in [0.25, 0.3) is 0 Å². The van der Waals surface area contributed by atoms with Crippen molar-refractivity contribution in [2.75, 3.05) is 18.0 Å². The minimum Gasteiger partial charge on any atom is -0.481 e. The van der Waals surface area contributed by atoms with Gasteiger partial charge in [0, 0.05) is 24.0 Å². The van der Waals surface area contributed by atoms with E-state index < -0.39 is 5.97 Å². The number of halogens is 1. The Kier molecular flexibility index (Phi) is 5.25. The number of anilines is 1. The fraction of sp³-hybridized carbons (Fsp3) is 0.381. The number of nitrogens with zero attached hydrogens (tertiary/aromatic N) is 3. The fourth-order valence-corrected chi connectivity index (χ4v) is 4.88.